The van der Waals surface area contributed by atoms with Gasteiger partial charge in [-0.1, -0.05) is 19.3 Å². The van der Waals surface area contributed by atoms with Crippen molar-refractivity contribution in [3.8, 4) is 0 Å². The van der Waals surface area contributed by atoms with Crippen molar-refractivity contribution in [2.24, 2.45) is 22.6 Å². The van der Waals surface area contributed by atoms with Gasteiger partial charge in [-0.05, 0) is 31.6 Å². The number of guanidine groups is 1. The topological polar surface area (TPSA) is 99.8 Å². The maximum absolute atomic E-state index is 12.1. The van der Waals surface area contributed by atoms with Gasteiger partial charge < -0.3 is 21.3 Å². The highest BCUT2D eigenvalue weighted by atomic mass is 127. The van der Waals surface area contributed by atoms with Gasteiger partial charge in [-0.25, -0.2) is 0 Å². The van der Waals surface area contributed by atoms with E-state index in [1.807, 2.05) is 0 Å². The molecule has 0 aromatic carbocycles. The molecule has 2 fully saturated rings. The van der Waals surface area contributed by atoms with Crippen LogP contribution in [0.4, 0.5) is 0 Å². The number of rotatable bonds is 6. The van der Waals surface area contributed by atoms with Crippen molar-refractivity contribution >= 4 is 41.8 Å². The first-order chi connectivity index (χ1) is 12.1. The second kappa shape index (κ2) is 12.3. The van der Waals surface area contributed by atoms with E-state index < -0.39 is 0 Å². The van der Waals surface area contributed by atoms with Gasteiger partial charge in [-0.15, -0.1) is 24.0 Å². The SMILES string of the molecule is CN=C(NCCNC(=O)C1CCCCC1)N1CCCC(CC(N)=O)C1.I. The molecule has 0 aromatic heterocycles. The van der Waals surface area contributed by atoms with Crippen LogP contribution in [0.2, 0.25) is 0 Å². The Morgan fingerprint density at radius 3 is 2.42 bits per heavy atom. The van der Waals surface area contributed by atoms with E-state index in [0.717, 1.165) is 44.7 Å². The average molecular weight is 479 g/mol. The molecule has 26 heavy (non-hydrogen) atoms. The van der Waals surface area contributed by atoms with Crippen molar-refractivity contribution in [1.82, 2.24) is 15.5 Å². The molecule has 150 valence electrons. The van der Waals surface area contributed by atoms with Crippen molar-refractivity contribution in [3.63, 3.8) is 0 Å². The molecule has 0 radical (unpaired) electrons. The molecule has 1 heterocycles. The van der Waals surface area contributed by atoms with Crippen LogP contribution in [0.3, 0.4) is 0 Å². The van der Waals surface area contributed by atoms with Crippen molar-refractivity contribution < 1.29 is 9.59 Å². The molecule has 2 aliphatic rings. The molecule has 4 N–H and O–H groups in total. The molecule has 1 atom stereocenters. The Kier molecular flexibility index (Phi) is 10.9. The van der Waals surface area contributed by atoms with Gasteiger partial charge >= 0.3 is 0 Å². The maximum atomic E-state index is 12.1. The third-order valence-electron chi connectivity index (χ3n) is 5.20. The smallest absolute Gasteiger partial charge is 0.223 e. The monoisotopic (exact) mass is 479 g/mol. The van der Waals surface area contributed by atoms with E-state index in [0.29, 0.717) is 25.4 Å². The second-order valence-electron chi connectivity index (χ2n) is 7.22. The lowest BCUT2D eigenvalue weighted by atomic mass is 9.89. The number of amides is 2. The fraction of sp³-hybridized carbons (Fsp3) is 0.833. The first-order valence-electron chi connectivity index (χ1n) is 9.61. The summed E-state index contributed by atoms with van der Waals surface area (Å²) in [5.74, 6) is 1.29. The van der Waals surface area contributed by atoms with E-state index in [1.165, 1.54) is 19.3 Å². The van der Waals surface area contributed by atoms with Gasteiger partial charge in [0.25, 0.3) is 0 Å². The maximum Gasteiger partial charge on any atom is 0.223 e. The highest BCUT2D eigenvalue weighted by Crippen LogP contribution is 2.23. The van der Waals surface area contributed by atoms with Gasteiger partial charge in [0.15, 0.2) is 5.96 Å². The minimum absolute atomic E-state index is 0. The van der Waals surface area contributed by atoms with Crippen molar-refractivity contribution in [3.05, 3.63) is 0 Å². The third kappa shape index (κ3) is 7.67. The number of primary amides is 1. The number of hydrogen-bond acceptors (Lipinski definition) is 3. The first kappa shape index (κ1) is 23.0. The Hall–Kier alpha value is -1.06. The fourth-order valence-electron chi connectivity index (χ4n) is 3.91. The van der Waals surface area contributed by atoms with Crippen LogP contribution in [0.5, 0.6) is 0 Å². The molecule has 1 aliphatic carbocycles. The third-order valence-corrected chi connectivity index (χ3v) is 5.20. The number of nitrogens with one attached hydrogen (secondary N) is 2. The Labute approximate surface area is 173 Å². The second-order valence-corrected chi connectivity index (χ2v) is 7.22. The number of aliphatic imine (C=N–C) groups is 1. The van der Waals surface area contributed by atoms with Gasteiger partial charge in [-0.2, -0.15) is 0 Å². The Bertz CT molecular complexity index is 480. The van der Waals surface area contributed by atoms with Crippen LogP contribution in [-0.4, -0.2) is 55.9 Å². The van der Waals surface area contributed by atoms with E-state index in [1.54, 1.807) is 7.05 Å². The molecule has 1 saturated heterocycles. The van der Waals surface area contributed by atoms with Crippen LogP contribution in [0, 0.1) is 11.8 Å². The summed E-state index contributed by atoms with van der Waals surface area (Å²) in [6.45, 7) is 3.00. The van der Waals surface area contributed by atoms with Gasteiger partial charge in [0.2, 0.25) is 11.8 Å². The summed E-state index contributed by atoms with van der Waals surface area (Å²) in [5.41, 5.74) is 5.32. The molecule has 0 bridgehead atoms. The minimum atomic E-state index is -0.236. The number of piperidine rings is 1. The number of likely N-dealkylation sites (tertiary alicyclic amines) is 1. The summed E-state index contributed by atoms with van der Waals surface area (Å²) < 4.78 is 0. The highest BCUT2D eigenvalue weighted by Gasteiger charge is 2.24. The number of halogens is 1. The molecular weight excluding hydrogens is 445 g/mol. The lowest BCUT2D eigenvalue weighted by Crippen LogP contribution is -2.48. The summed E-state index contributed by atoms with van der Waals surface area (Å²) in [7, 11) is 1.76. The molecule has 2 rings (SSSR count). The van der Waals surface area contributed by atoms with Crippen LogP contribution in [0.1, 0.15) is 51.4 Å². The van der Waals surface area contributed by atoms with E-state index in [4.69, 9.17) is 5.73 Å². The zero-order chi connectivity index (χ0) is 18.1. The number of carbonyl (C=O) groups is 2. The van der Waals surface area contributed by atoms with E-state index in [-0.39, 0.29) is 41.7 Å². The lowest BCUT2D eigenvalue weighted by molar-refractivity contribution is -0.125. The Morgan fingerprint density at radius 2 is 1.77 bits per heavy atom. The summed E-state index contributed by atoms with van der Waals surface area (Å²) in [6.07, 6.45) is 8.16. The molecular formula is C18H34IN5O2. The molecule has 7 nitrogen and oxygen atoms in total. The molecule has 8 heteroatoms. The van der Waals surface area contributed by atoms with Crippen LogP contribution < -0.4 is 16.4 Å². The van der Waals surface area contributed by atoms with Gasteiger partial charge in [-0.3, -0.25) is 14.6 Å². The predicted octanol–water partition coefficient (Wildman–Crippen LogP) is 1.46. The molecule has 2 amide bonds. The summed E-state index contributed by atoms with van der Waals surface area (Å²) in [5, 5.41) is 6.35. The standard InChI is InChI=1S/C18H33N5O2.HI/c1-20-18(23-11-5-6-14(13-23)12-16(19)24)22-10-9-21-17(25)15-7-3-2-4-8-15;/h14-15H,2-13H2,1H3,(H2,19,24)(H,20,22)(H,21,25);1H. The largest absolute Gasteiger partial charge is 0.370 e. The lowest BCUT2D eigenvalue weighted by Gasteiger charge is -2.34. The van der Waals surface area contributed by atoms with Gasteiger partial charge in [0, 0.05) is 45.6 Å². The zero-order valence-corrected chi connectivity index (χ0v) is 18.2. The quantitative estimate of drug-likeness (QED) is 0.233. The molecule has 1 aliphatic heterocycles. The minimum Gasteiger partial charge on any atom is -0.370 e. The first-order valence-corrected chi connectivity index (χ1v) is 9.61. The molecule has 0 aromatic rings. The summed E-state index contributed by atoms with van der Waals surface area (Å²) >= 11 is 0. The fourth-order valence-corrected chi connectivity index (χ4v) is 3.91. The van der Waals surface area contributed by atoms with E-state index >= 15 is 0 Å². The number of carbonyl (C=O) groups excluding carboxylic acids is 2. The average Bonchev–Trinajstić information content (AvgIpc) is 2.62. The highest BCUT2D eigenvalue weighted by molar-refractivity contribution is 14.0. The Morgan fingerprint density at radius 1 is 1.08 bits per heavy atom. The van der Waals surface area contributed by atoms with E-state index in [9.17, 15) is 9.59 Å². The van der Waals surface area contributed by atoms with Crippen LogP contribution in [0.15, 0.2) is 4.99 Å². The summed E-state index contributed by atoms with van der Waals surface area (Å²) in [4.78, 5) is 29.8. The summed E-state index contributed by atoms with van der Waals surface area (Å²) in [6, 6.07) is 0. The number of nitrogens with zero attached hydrogens (tertiary/aromatic N) is 2. The molecule has 0 spiro atoms. The molecule has 1 saturated carbocycles. The zero-order valence-electron chi connectivity index (χ0n) is 15.8. The van der Waals surface area contributed by atoms with Crippen molar-refractivity contribution in [1.29, 1.82) is 0 Å². The van der Waals surface area contributed by atoms with Gasteiger partial charge in [0.1, 0.15) is 0 Å². The molecule has 1 unspecified atom stereocenters. The van der Waals surface area contributed by atoms with Gasteiger partial charge in [0.05, 0.1) is 0 Å². The van der Waals surface area contributed by atoms with Crippen LogP contribution in [-0.2, 0) is 9.59 Å². The Balaban J connectivity index is 0.00000338. The normalized spacial score (nSPS) is 21.7. The number of nitrogens with two attached hydrogens (primary N) is 1. The van der Waals surface area contributed by atoms with Crippen molar-refractivity contribution in [2.75, 3.05) is 33.2 Å². The van der Waals surface area contributed by atoms with Crippen LogP contribution in [0.25, 0.3) is 0 Å². The van der Waals surface area contributed by atoms with Crippen LogP contribution >= 0.6 is 24.0 Å². The van der Waals surface area contributed by atoms with E-state index in [2.05, 4.69) is 20.5 Å². The van der Waals surface area contributed by atoms with Crippen molar-refractivity contribution in [2.45, 2.75) is 51.4 Å². The predicted molar refractivity (Wildman–Crippen MR) is 114 cm³/mol. The number of hydrogen-bond donors (Lipinski definition) is 3.